The van der Waals surface area contributed by atoms with E-state index in [1.54, 1.807) is 12.1 Å². The molecule has 1 aliphatic rings. The van der Waals surface area contributed by atoms with Crippen molar-refractivity contribution in [1.29, 1.82) is 0 Å². The highest BCUT2D eigenvalue weighted by Crippen LogP contribution is 2.22. The number of hydrogen-bond donors (Lipinski definition) is 1. The lowest BCUT2D eigenvalue weighted by atomic mass is 10.2. The van der Waals surface area contributed by atoms with Crippen molar-refractivity contribution < 1.29 is 13.9 Å². The second-order valence-electron chi connectivity index (χ2n) is 3.87. The topological polar surface area (TPSA) is 44.5 Å². The number of nitrogens with two attached hydrogens (primary N) is 1. The molecule has 0 aliphatic carbocycles. The summed E-state index contributed by atoms with van der Waals surface area (Å²) in [7, 11) is 0. The quantitative estimate of drug-likeness (QED) is 0.850. The first-order valence-electron chi connectivity index (χ1n) is 5.53. The minimum absolute atomic E-state index is 0.133. The van der Waals surface area contributed by atoms with Crippen molar-refractivity contribution in [3.05, 3.63) is 29.6 Å². The van der Waals surface area contributed by atoms with Gasteiger partial charge in [0.05, 0.1) is 6.10 Å². The summed E-state index contributed by atoms with van der Waals surface area (Å²) in [6.45, 7) is 1.41. The molecule has 1 aliphatic heterocycles. The first kappa shape index (κ1) is 11.4. The Balaban J connectivity index is 2.00. The predicted octanol–water partition coefficient (Wildman–Crippen LogP) is 1.84. The lowest BCUT2D eigenvalue weighted by molar-refractivity contribution is 0.0675. The number of ether oxygens (including phenoxy) is 2. The molecular formula is C12H16FNO2. The number of halogens is 1. The summed E-state index contributed by atoms with van der Waals surface area (Å²) in [4.78, 5) is 0. The summed E-state index contributed by atoms with van der Waals surface area (Å²) in [6, 6.07) is 4.75. The highest BCUT2D eigenvalue weighted by molar-refractivity contribution is 5.34. The first-order valence-corrected chi connectivity index (χ1v) is 5.53. The molecular weight excluding hydrogens is 209 g/mol. The van der Waals surface area contributed by atoms with E-state index in [2.05, 4.69) is 0 Å². The highest BCUT2D eigenvalue weighted by Gasteiger charge is 2.17. The Hall–Kier alpha value is -1.13. The lowest BCUT2D eigenvalue weighted by Gasteiger charge is -2.14. The van der Waals surface area contributed by atoms with Crippen LogP contribution < -0.4 is 10.5 Å². The predicted molar refractivity (Wildman–Crippen MR) is 58.8 cm³/mol. The van der Waals surface area contributed by atoms with Gasteiger partial charge in [-0.2, -0.15) is 0 Å². The second-order valence-corrected chi connectivity index (χ2v) is 3.87. The average molecular weight is 225 g/mol. The van der Waals surface area contributed by atoms with Crippen molar-refractivity contribution in [2.45, 2.75) is 25.5 Å². The molecule has 1 saturated heterocycles. The number of hydrogen-bond acceptors (Lipinski definition) is 3. The first-order chi connectivity index (χ1) is 7.81. The van der Waals surface area contributed by atoms with E-state index in [9.17, 15) is 4.39 Å². The van der Waals surface area contributed by atoms with E-state index in [-0.39, 0.29) is 18.5 Å². The Morgan fingerprint density at radius 2 is 2.38 bits per heavy atom. The molecule has 1 atom stereocenters. The van der Waals surface area contributed by atoms with Gasteiger partial charge in [-0.3, -0.25) is 0 Å². The maximum atomic E-state index is 13.4. The van der Waals surface area contributed by atoms with E-state index >= 15 is 0 Å². The van der Waals surface area contributed by atoms with E-state index in [1.165, 1.54) is 6.07 Å². The van der Waals surface area contributed by atoms with Crippen LogP contribution in [0, 0.1) is 5.82 Å². The van der Waals surface area contributed by atoms with Gasteiger partial charge in [-0.15, -0.1) is 0 Å². The maximum Gasteiger partial charge on any atom is 0.131 e. The molecule has 0 bridgehead atoms. The zero-order chi connectivity index (χ0) is 11.4. The number of rotatable bonds is 4. The highest BCUT2D eigenvalue weighted by atomic mass is 19.1. The van der Waals surface area contributed by atoms with Crippen LogP contribution in [0.25, 0.3) is 0 Å². The summed E-state index contributed by atoms with van der Waals surface area (Å²) in [5, 5.41) is 0. The van der Waals surface area contributed by atoms with Gasteiger partial charge in [0.25, 0.3) is 0 Å². The van der Waals surface area contributed by atoms with E-state index in [4.69, 9.17) is 15.2 Å². The van der Waals surface area contributed by atoms with Crippen molar-refractivity contribution in [3.63, 3.8) is 0 Å². The molecule has 0 radical (unpaired) electrons. The van der Waals surface area contributed by atoms with E-state index in [1.807, 2.05) is 0 Å². The molecule has 2 rings (SSSR count). The Kier molecular flexibility index (Phi) is 3.74. The Morgan fingerprint density at radius 3 is 3.06 bits per heavy atom. The zero-order valence-electron chi connectivity index (χ0n) is 9.12. The normalized spacial score (nSPS) is 20.0. The molecule has 1 aromatic rings. The molecule has 1 fully saturated rings. The van der Waals surface area contributed by atoms with Gasteiger partial charge in [-0.1, -0.05) is 6.07 Å². The van der Waals surface area contributed by atoms with Crippen LogP contribution in [0.15, 0.2) is 18.2 Å². The van der Waals surface area contributed by atoms with Crippen LogP contribution >= 0.6 is 0 Å². The van der Waals surface area contributed by atoms with Crippen LogP contribution in [0.5, 0.6) is 5.75 Å². The third-order valence-electron chi connectivity index (χ3n) is 2.73. The molecule has 4 heteroatoms. The molecule has 0 saturated carbocycles. The van der Waals surface area contributed by atoms with Crippen LogP contribution in [-0.4, -0.2) is 19.3 Å². The van der Waals surface area contributed by atoms with Gasteiger partial charge in [-0.25, -0.2) is 4.39 Å². The van der Waals surface area contributed by atoms with Crippen LogP contribution in [-0.2, 0) is 11.3 Å². The van der Waals surface area contributed by atoms with E-state index in [0.717, 1.165) is 19.4 Å². The van der Waals surface area contributed by atoms with Gasteiger partial charge >= 0.3 is 0 Å². The fraction of sp³-hybridized carbons (Fsp3) is 0.500. The van der Waals surface area contributed by atoms with Crippen LogP contribution in [0.4, 0.5) is 4.39 Å². The fourth-order valence-corrected chi connectivity index (χ4v) is 1.83. The van der Waals surface area contributed by atoms with Gasteiger partial charge in [0.15, 0.2) is 0 Å². The van der Waals surface area contributed by atoms with E-state index < -0.39 is 0 Å². The third kappa shape index (κ3) is 2.51. The maximum absolute atomic E-state index is 13.4. The van der Waals surface area contributed by atoms with Gasteiger partial charge in [0.2, 0.25) is 0 Å². The molecule has 3 nitrogen and oxygen atoms in total. The summed E-state index contributed by atoms with van der Waals surface area (Å²) in [5.41, 5.74) is 5.91. The average Bonchev–Trinajstić information content (AvgIpc) is 2.79. The SMILES string of the molecule is NCc1c(F)cccc1OCC1CCCO1. The van der Waals surface area contributed by atoms with Crippen molar-refractivity contribution in [3.8, 4) is 5.75 Å². The molecule has 1 unspecified atom stereocenters. The smallest absolute Gasteiger partial charge is 0.131 e. The van der Waals surface area contributed by atoms with Crippen molar-refractivity contribution in [2.75, 3.05) is 13.2 Å². The largest absolute Gasteiger partial charge is 0.490 e. The molecule has 2 N–H and O–H groups in total. The Bertz CT molecular complexity index is 351. The minimum Gasteiger partial charge on any atom is -0.490 e. The molecule has 16 heavy (non-hydrogen) atoms. The molecule has 1 aromatic carbocycles. The van der Waals surface area contributed by atoms with Crippen molar-refractivity contribution in [2.24, 2.45) is 5.73 Å². The second kappa shape index (κ2) is 5.27. The number of benzene rings is 1. The van der Waals surface area contributed by atoms with Gasteiger partial charge in [0, 0.05) is 18.7 Å². The van der Waals surface area contributed by atoms with Crippen molar-refractivity contribution >= 4 is 0 Å². The molecule has 88 valence electrons. The van der Waals surface area contributed by atoms with Crippen molar-refractivity contribution in [1.82, 2.24) is 0 Å². The minimum atomic E-state index is -0.313. The van der Waals surface area contributed by atoms with Crippen LogP contribution in [0.3, 0.4) is 0 Å². The lowest BCUT2D eigenvalue weighted by Crippen LogP contribution is -2.17. The Morgan fingerprint density at radius 1 is 1.50 bits per heavy atom. The molecule has 0 spiro atoms. The summed E-state index contributed by atoms with van der Waals surface area (Å²) in [5.74, 6) is 0.213. The van der Waals surface area contributed by atoms with Crippen LogP contribution in [0.1, 0.15) is 18.4 Å². The molecule has 0 aromatic heterocycles. The van der Waals surface area contributed by atoms with Gasteiger partial charge in [-0.05, 0) is 25.0 Å². The van der Waals surface area contributed by atoms with E-state index in [0.29, 0.717) is 17.9 Å². The summed E-state index contributed by atoms with van der Waals surface area (Å²) >= 11 is 0. The van der Waals surface area contributed by atoms with Gasteiger partial charge < -0.3 is 15.2 Å². The molecule has 0 amide bonds. The summed E-state index contributed by atoms with van der Waals surface area (Å²) in [6.07, 6.45) is 2.21. The van der Waals surface area contributed by atoms with Crippen LogP contribution in [0.2, 0.25) is 0 Å². The standard InChI is InChI=1S/C12H16FNO2/c13-11-4-1-5-12(10(11)7-14)16-8-9-3-2-6-15-9/h1,4-5,9H,2-3,6-8,14H2. The fourth-order valence-electron chi connectivity index (χ4n) is 1.83. The molecule has 1 heterocycles. The summed E-state index contributed by atoms with van der Waals surface area (Å²) < 4.78 is 24.3. The zero-order valence-corrected chi connectivity index (χ0v) is 9.12. The Labute approximate surface area is 94.3 Å². The van der Waals surface area contributed by atoms with Gasteiger partial charge in [0.1, 0.15) is 18.2 Å². The third-order valence-corrected chi connectivity index (χ3v) is 2.73. The monoisotopic (exact) mass is 225 g/mol.